The summed E-state index contributed by atoms with van der Waals surface area (Å²) in [4.78, 5) is 67.0. The highest BCUT2D eigenvalue weighted by Gasteiger charge is 2.72. The molecule has 0 heterocycles. The second kappa shape index (κ2) is 15.8. The van der Waals surface area contributed by atoms with Crippen LogP contribution in [0.3, 0.4) is 0 Å². The topological polar surface area (TPSA) is 124 Å². The van der Waals surface area contributed by atoms with Crippen LogP contribution >= 0.6 is 0 Å². The average molecular weight is 965 g/mol. The molecule has 10 aliphatic rings. The van der Waals surface area contributed by atoms with Gasteiger partial charge in [-0.25, -0.2) is 0 Å². The van der Waals surface area contributed by atoms with Gasteiger partial charge in [0.25, 0.3) is 0 Å². The van der Waals surface area contributed by atoms with Gasteiger partial charge in [0.1, 0.15) is 0 Å². The van der Waals surface area contributed by atoms with Gasteiger partial charge < -0.3 is 14.6 Å². The van der Waals surface area contributed by atoms with Gasteiger partial charge in [0.05, 0.1) is 31.2 Å². The normalized spacial score (nSPS) is 51.6. The highest BCUT2D eigenvalue weighted by molar-refractivity contribution is 5.99. The van der Waals surface area contributed by atoms with Crippen LogP contribution in [0.1, 0.15) is 200 Å². The molecule has 8 nitrogen and oxygen atoms in total. The summed E-state index contributed by atoms with van der Waals surface area (Å²) in [6, 6.07) is 0. The highest BCUT2D eigenvalue weighted by atomic mass is 16.5. The van der Waals surface area contributed by atoms with Gasteiger partial charge in [0, 0.05) is 22.7 Å². The fourth-order valence-corrected chi connectivity index (χ4v) is 20.5. The van der Waals surface area contributed by atoms with Crippen LogP contribution in [-0.4, -0.2) is 54.7 Å². The zero-order valence-electron chi connectivity index (χ0n) is 46.5. The Morgan fingerprint density at radius 3 is 1.44 bits per heavy atom. The number of carbonyl (C=O) groups is 5. The van der Waals surface area contributed by atoms with Gasteiger partial charge in [0.15, 0.2) is 17.3 Å². The lowest BCUT2D eigenvalue weighted by Crippen LogP contribution is -2.66. The van der Waals surface area contributed by atoms with Crippen molar-refractivity contribution in [3.63, 3.8) is 0 Å². The van der Waals surface area contributed by atoms with Crippen molar-refractivity contribution in [2.45, 2.75) is 206 Å². The van der Waals surface area contributed by atoms with Crippen LogP contribution in [0.5, 0.6) is 0 Å². The maximum atomic E-state index is 14.3. The zero-order valence-corrected chi connectivity index (χ0v) is 46.5. The molecular formula is C62H92O8. The average Bonchev–Trinajstić information content (AvgIpc) is 3.28. The molecule has 8 heteroatoms. The van der Waals surface area contributed by atoms with Crippen molar-refractivity contribution in [1.29, 1.82) is 0 Å². The molecule has 0 aromatic heterocycles. The number of esters is 2. The summed E-state index contributed by atoms with van der Waals surface area (Å²) in [5, 5.41) is 10.9. The molecule has 0 bridgehead atoms. The minimum atomic E-state index is -0.501. The number of rotatable bonds is 2. The van der Waals surface area contributed by atoms with Crippen LogP contribution in [0, 0.1) is 100 Å². The van der Waals surface area contributed by atoms with Crippen molar-refractivity contribution >= 4 is 29.3 Å². The lowest BCUT2D eigenvalue weighted by Gasteiger charge is -2.70. The number of aliphatic hydroxyl groups is 1. The van der Waals surface area contributed by atoms with Crippen LogP contribution in [-0.2, 0) is 33.4 Å². The Kier molecular flexibility index (Phi) is 11.8. The maximum Gasteiger partial charge on any atom is 0.311 e. The summed E-state index contributed by atoms with van der Waals surface area (Å²) in [7, 11) is 2.99. The standard InChI is InChI=1S/C31H48O4.C31H44O4/c2*1-26(2)22-9-12-31(7)24(29(22,5)11-10-23(26)33)21(32)17-19-20-18-28(4,25(34)35-8)14-13-27(20,3)15-16-30(19,31)6/h17,20,22-24,33H,9-16,18H2,1-8H3;10-11,17,20,22,24H,9,12-16,18H2,1-8H3/t20-,22-,23-,24+,27+,28-,29-,30+,31+;20-,22-,24+,27+,28-,29-,30+,31+/m00/s1. The minimum absolute atomic E-state index is 0.00536. The molecule has 7 fully saturated rings. The van der Waals surface area contributed by atoms with Gasteiger partial charge in [0.2, 0.25) is 0 Å². The van der Waals surface area contributed by atoms with E-state index in [2.05, 4.69) is 109 Å². The molecule has 7 saturated carbocycles. The first-order valence-electron chi connectivity index (χ1n) is 27.8. The molecule has 0 aliphatic heterocycles. The van der Waals surface area contributed by atoms with Crippen LogP contribution in [0.4, 0.5) is 0 Å². The minimum Gasteiger partial charge on any atom is -0.469 e. The second-order valence-corrected chi connectivity index (χ2v) is 29.6. The smallest absolute Gasteiger partial charge is 0.311 e. The summed E-state index contributed by atoms with van der Waals surface area (Å²) in [5.74, 6) is 1.35. The number of fused-ring (bicyclic) bond motifs is 14. The molecule has 10 aliphatic carbocycles. The predicted molar refractivity (Wildman–Crippen MR) is 274 cm³/mol. The van der Waals surface area contributed by atoms with E-state index in [-0.39, 0.29) is 108 Å². The molecule has 0 saturated heterocycles. The Morgan fingerprint density at radius 2 is 0.971 bits per heavy atom. The molecule has 0 aromatic rings. The van der Waals surface area contributed by atoms with E-state index in [1.807, 2.05) is 6.08 Å². The quantitative estimate of drug-likeness (QED) is 0.271. The van der Waals surface area contributed by atoms with Crippen molar-refractivity contribution in [3.8, 4) is 0 Å². The predicted octanol–water partition coefficient (Wildman–Crippen LogP) is 13.0. The molecule has 0 radical (unpaired) electrons. The molecule has 0 unspecified atom stereocenters. The van der Waals surface area contributed by atoms with Gasteiger partial charge in [-0.2, -0.15) is 0 Å². The number of hydrogen-bond donors (Lipinski definition) is 1. The zero-order chi connectivity index (χ0) is 51.6. The fraction of sp³-hybridized carbons (Fsp3) is 0.823. The Morgan fingerprint density at radius 1 is 0.543 bits per heavy atom. The summed E-state index contributed by atoms with van der Waals surface area (Å²) in [5.41, 5.74) is 0.432. The third-order valence-corrected chi connectivity index (χ3v) is 25.8. The monoisotopic (exact) mass is 965 g/mol. The van der Waals surface area contributed by atoms with Crippen LogP contribution in [0.15, 0.2) is 35.5 Å². The van der Waals surface area contributed by atoms with Crippen molar-refractivity contribution in [2.24, 2.45) is 100 Å². The summed E-state index contributed by atoms with van der Waals surface area (Å²) < 4.78 is 10.5. The van der Waals surface area contributed by atoms with Crippen LogP contribution < -0.4 is 0 Å². The molecule has 0 aromatic carbocycles. The molecule has 0 amide bonds. The van der Waals surface area contributed by atoms with E-state index in [4.69, 9.17) is 9.47 Å². The molecule has 17 atom stereocenters. The maximum absolute atomic E-state index is 14.3. The van der Waals surface area contributed by atoms with E-state index in [1.54, 1.807) is 6.08 Å². The molecule has 1 N–H and O–H groups in total. The lowest BCUT2D eigenvalue weighted by molar-refractivity contribution is -0.202. The second-order valence-electron chi connectivity index (χ2n) is 29.6. The first-order valence-corrected chi connectivity index (χ1v) is 27.8. The number of carbonyl (C=O) groups excluding carboxylic acids is 5. The number of allylic oxidation sites excluding steroid dienone is 6. The first-order chi connectivity index (χ1) is 32.2. The fourth-order valence-electron chi connectivity index (χ4n) is 20.5. The van der Waals surface area contributed by atoms with Gasteiger partial charge in [-0.1, -0.05) is 100 Å². The van der Waals surface area contributed by atoms with Crippen molar-refractivity contribution in [2.75, 3.05) is 14.2 Å². The van der Waals surface area contributed by atoms with E-state index in [1.165, 1.54) is 25.4 Å². The number of aliphatic hydroxyl groups excluding tert-OH is 1. The number of ketones is 3. The Hall–Kier alpha value is -2.87. The summed E-state index contributed by atoms with van der Waals surface area (Å²) >= 11 is 0. The summed E-state index contributed by atoms with van der Waals surface area (Å²) in [6.45, 7) is 31.8. The van der Waals surface area contributed by atoms with Crippen molar-refractivity contribution in [1.82, 2.24) is 0 Å². The molecule has 70 heavy (non-hydrogen) atoms. The van der Waals surface area contributed by atoms with Crippen LogP contribution in [0.2, 0.25) is 0 Å². The van der Waals surface area contributed by atoms with E-state index in [0.717, 1.165) is 103 Å². The summed E-state index contributed by atoms with van der Waals surface area (Å²) in [6.07, 6.45) is 23.1. The van der Waals surface area contributed by atoms with Crippen molar-refractivity contribution < 1.29 is 38.6 Å². The molecule has 10 rings (SSSR count). The number of ether oxygens (including phenoxy) is 2. The third-order valence-electron chi connectivity index (χ3n) is 25.8. The van der Waals surface area contributed by atoms with E-state index in [0.29, 0.717) is 11.7 Å². The molecular weight excluding hydrogens is 873 g/mol. The van der Waals surface area contributed by atoms with Gasteiger partial charge in [-0.15, -0.1) is 0 Å². The largest absolute Gasteiger partial charge is 0.469 e. The van der Waals surface area contributed by atoms with Crippen LogP contribution in [0.25, 0.3) is 0 Å². The van der Waals surface area contributed by atoms with Gasteiger partial charge >= 0.3 is 11.9 Å². The van der Waals surface area contributed by atoms with E-state index < -0.39 is 16.2 Å². The number of methoxy groups -OCH3 is 2. The lowest BCUT2D eigenvalue weighted by atomic mass is 9.33. The van der Waals surface area contributed by atoms with E-state index >= 15 is 0 Å². The number of hydrogen-bond acceptors (Lipinski definition) is 8. The van der Waals surface area contributed by atoms with Crippen molar-refractivity contribution in [3.05, 3.63) is 35.5 Å². The van der Waals surface area contributed by atoms with Gasteiger partial charge in [-0.3, -0.25) is 24.0 Å². The Bertz CT molecular complexity index is 2370. The molecule has 0 spiro atoms. The van der Waals surface area contributed by atoms with E-state index in [9.17, 15) is 29.1 Å². The Labute approximate surface area is 422 Å². The SMILES string of the molecule is COC(=O)[C@@]1(C)CC[C@]2(C)CC[C@]3(C)C(=CC(=O)[C@@H]4[C@@]5(C)C=CC(=O)C(C)(C)[C@@H]5CC[C@]43C)[C@@H]2C1.COC(=O)[C@@]1(C)CC[C@]2(C)CC[C@]3(C)C(=CC(=O)[C@@H]4[C@@]5(C)CC[C@H](O)C(C)(C)[C@@H]5CC[C@]43C)[C@@H]2C1. The Balaban J connectivity index is 0.000000174. The first kappa shape index (κ1) is 52.0. The molecule has 388 valence electrons. The highest BCUT2D eigenvalue weighted by Crippen LogP contribution is 2.77. The van der Waals surface area contributed by atoms with Gasteiger partial charge in [-0.05, 0) is 202 Å². The third kappa shape index (κ3) is 6.62.